The SMILES string of the molecule is CC1C=CC2=C(CC1C)OCCO2. The molecule has 2 unspecified atom stereocenters. The Balaban J connectivity index is 2.22. The summed E-state index contributed by atoms with van der Waals surface area (Å²) in [6, 6.07) is 0. The zero-order valence-corrected chi connectivity index (χ0v) is 8.25. The summed E-state index contributed by atoms with van der Waals surface area (Å²) < 4.78 is 11.1. The highest BCUT2D eigenvalue weighted by Gasteiger charge is 2.21. The van der Waals surface area contributed by atoms with Crippen LogP contribution in [-0.2, 0) is 9.47 Å². The monoisotopic (exact) mass is 180 g/mol. The van der Waals surface area contributed by atoms with Crippen LogP contribution in [0.3, 0.4) is 0 Å². The second-order valence-electron chi connectivity index (χ2n) is 3.88. The van der Waals surface area contributed by atoms with Gasteiger partial charge in [0.15, 0.2) is 5.76 Å². The lowest BCUT2D eigenvalue weighted by molar-refractivity contribution is 0.0614. The van der Waals surface area contributed by atoms with Gasteiger partial charge in [-0.05, 0) is 17.9 Å². The highest BCUT2D eigenvalue weighted by atomic mass is 16.6. The molecular formula is C11H16O2. The molecule has 0 aromatic rings. The van der Waals surface area contributed by atoms with Gasteiger partial charge in [-0.1, -0.05) is 19.9 Å². The van der Waals surface area contributed by atoms with E-state index in [-0.39, 0.29) is 0 Å². The molecule has 2 nitrogen and oxygen atoms in total. The maximum Gasteiger partial charge on any atom is 0.156 e. The topological polar surface area (TPSA) is 18.5 Å². The Kier molecular flexibility index (Phi) is 2.30. The van der Waals surface area contributed by atoms with Gasteiger partial charge in [0.05, 0.1) is 0 Å². The van der Waals surface area contributed by atoms with Gasteiger partial charge in [-0.25, -0.2) is 0 Å². The molecule has 2 heteroatoms. The van der Waals surface area contributed by atoms with Crippen LogP contribution in [0.25, 0.3) is 0 Å². The summed E-state index contributed by atoms with van der Waals surface area (Å²) in [4.78, 5) is 0. The maximum absolute atomic E-state index is 5.58. The Morgan fingerprint density at radius 3 is 2.85 bits per heavy atom. The lowest BCUT2D eigenvalue weighted by Crippen LogP contribution is -2.14. The molecule has 1 aliphatic carbocycles. The minimum absolute atomic E-state index is 0.609. The molecule has 2 atom stereocenters. The van der Waals surface area contributed by atoms with Gasteiger partial charge in [0.1, 0.15) is 19.0 Å². The highest BCUT2D eigenvalue weighted by Crippen LogP contribution is 2.30. The number of allylic oxidation sites excluding steroid dienone is 3. The average Bonchev–Trinajstić information content (AvgIpc) is 2.28. The van der Waals surface area contributed by atoms with E-state index in [0.717, 1.165) is 17.9 Å². The van der Waals surface area contributed by atoms with Crippen molar-refractivity contribution in [2.45, 2.75) is 20.3 Å². The van der Waals surface area contributed by atoms with Crippen LogP contribution in [0.5, 0.6) is 0 Å². The largest absolute Gasteiger partial charge is 0.491 e. The highest BCUT2D eigenvalue weighted by molar-refractivity contribution is 5.21. The van der Waals surface area contributed by atoms with Gasteiger partial charge in [-0.15, -0.1) is 0 Å². The number of rotatable bonds is 0. The van der Waals surface area contributed by atoms with Gasteiger partial charge in [0, 0.05) is 6.42 Å². The molecule has 13 heavy (non-hydrogen) atoms. The second kappa shape index (κ2) is 3.44. The van der Waals surface area contributed by atoms with Crippen molar-refractivity contribution in [1.82, 2.24) is 0 Å². The molecule has 0 N–H and O–H groups in total. The Morgan fingerprint density at radius 2 is 2.00 bits per heavy atom. The smallest absolute Gasteiger partial charge is 0.156 e. The van der Waals surface area contributed by atoms with Gasteiger partial charge in [0.2, 0.25) is 0 Å². The van der Waals surface area contributed by atoms with Crippen LogP contribution < -0.4 is 0 Å². The first-order valence-corrected chi connectivity index (χ1v) is 4.94. The maximum atomic E-state index is 5.58. The molecule has 0 aromatic carbocycles. The first-order chi connectivity index (χ1) is 6.27. The van der Waals surface area contributed by atoms with E-state index in [1.165, 1.54) is 0 Å². The van der Waals surface area contributed by atoms with E-state index in [2.05, 4.69) is 26.0 Å². The summed E-state index contributed by atoms with van der Waals surface area (Å²) >= 11 is 0. The molecule has 0 bridgehead atoms. The van der Waals surface area contributed by atoms with Crippen molar-refractivity contribution in [1.29, 1.82) is 0 Å². The fraction of sp³-hybridized carbons (Fsp3) is 0.636. The normalized spacial score (nSPS) is 33.1. The molecule has 0 saturated heterocycles. The molecule has 0 amide bonds. The van der Waals surface area contributed by atoms with Crippen LogP contribution in [-0.4, -0.2) is 13.2 Å². The molecule has 1 heterocycles. The third-order valence-corrected chi connectivity index (χ3v) is 2.85. The minimum atomic E-state index is 0.609. The lowest BCUT2D eigenvalue weighted by Gasteiger charge is -2.21. The second-order valence-corrected chi connectivity index (χ2v) is 3.88. The Hall–Kier alpha value is -0.920. The predicted molar refractivity (Wildman–Crippen MR) is 51.0 cm³/mol. The summed E-state index contributed by atoms with van der Waals surface area (Å²) in [6.45, 7) is 5.88. The van der Waals surface area contributed by atoms with Gasteiger partial charge < -0.3 is 9.47 Å². The molecule has 0 saturated carbocycles. The van der Waals surface area contributed by atoms with E-state index in [1.54, 1.807) is 0 Å². The van der Waals surface area contributed by atoms with Crippen LogP contribution in [0.2, 0.25) is 0 Å². The molecule has 1 aliphatic heterocycles. The zero-order chi connectivity index (χ0) is 9.26. The molecule has 0 spiro atoms. The molecule has 2 rings (SSSR count). The summed E-state index contributed by atoms with van der Waals surface area (Å²) in [6.07, 6.45) is 5.27. The Morgan fingerprint density at radius 1 is 1.23 bits per heavy atom. The lowest BCUT2D eigenvalue weighted by atomic mass is 9.93. The van der Waals surface area contributed by atoms with E-state index in [0.29, 0.717) is 25.0 Å². The van der Waals surface area contributed by atoms with Crippen molar-refractivity contribution < 1.29 is 9.47 Å². The van der Waals surface area contributed by atoms with E-state index >= 15 is 0 Å². The fourth-order valence-corrected chi connectivity index (χ4v) is 1.68. The molecule has 72 valence electrons. The first-order valence-electron chi connectivity index (χ1n) is 4.94. The van der Waals surface area contributed by atoms with Crippen molar-refractivity contribution in [2.75, 3.05) is 13.2 Å². The summed E-state index contributed by atoms with van der Waals surface area (Å²) in [5.41, 5.74) is 0. The van der Waals surface area contributed by atoms with Gasteiger partial charge in [-0.2, -0.15) is 0 Å². The molecule has 2 aliphatic rings. The molecule has 0 aromatic heterocycles. The van der Waals surface area contributed by atoms with Crippen LogP contribution in [0.4, 0.5) is 0 Å². The number of hydrogen-bond acceptors (Lipinski definition) is 2. The summed E-state index contributed by atoms with van der Waals surface area (Å²) in [7, 11) is 0. The fourth-order valence-electron chi connectivity index (χ4n) is 1.68. The Bertz CT molecular complexity index is 253. The third kappa shape index (κ3) is 1.71. The van der Waals surface area contributed by atoms with Crippen molar-refractivity contribution >= 4 is 0 Å². The van der Waals surface area contributed by atoms with E-state index < -0.39 is 0 Å². The van der Waals surface area contributed by atoms with Crippen molar-refractivity contribution in [3.63, 3.8) is 0 Å². The summed E-state index contributed by atoms with van der Waals surface area (Å²) in [5, 5.41) is 0. The number of ether oxygens (including phenoxy) is 2. The van der Waals surface area contributed by atoms with E-state index in [4.69, 9.17) is 9.47 Å². The van der Waals surface area contributed by atoms with Crippen LogP contribution in [0, 0.1) is 11.8 Å². The molecular weight excluding hydrogens is 164 g/mol. The van der Waals surface area contributed by atoms with Crippen molar-refractivity contribution in [3.8, 4) is 0 Å². The van der Waals surface area contributed by atoms with Gasteiger partial charge in [-0.3, -0.25) is 0 Å². The number of hydrogen-bond donors (Lipinski definition) is 0. The van der Waals surface area contributed by atoms with Crippen LogP contribution in [0.1, 0.15) is 20.3 Å². The predicted octanol–water partition coefficient (Wildman–Crippen LogP) is 2.48. The van der Waals surface area contributed by atoms with E-state index in [9.17, 15) is 0 Å². The van der Waals surface area contributed by atoms with E-state index in [1.807, 2.05) is 0 Å². The van der Waals surface area contributed by atoms with Crippen LogP contribution >= 0.6 is 0 Å². The zero-order valence-electron chi connectivity index (χ0n) is 8.25. The standard InChI is InChI=1S/C11H16O2/c1-8-3-4-10-11(7-9(8)2)13-6-5-12-10/h3-4,8-9H,5-7H2,1-2H3. The Labute approximate surface area is 79.2 Å². The molecule has 0 radical (unpaired) electrons. The van der Waals surface area contributed by atoms with Gasteiger partial charge >= 0.3 is 0 Å². The molecule has 0 fully saturated rings. The minimum Gasteiger partial charge on any atom is -0.491 e. The van der Waals surface area contributed by atoms with Crippen molar-refractivity contribution in [3.05, 3.63) is 23.7 Å². The first kappa shape index (κ1) is 8.67. The van der Waals surface area contributed by atoms with Crippen LogP contribution in [0.15, 0.2) is 23.7 Å². The van der Waals surface area contributed by atoms with Crippen molar-refractivity contribution in [2.24, 2.45) is 11.8 Å². The van der Waals surface area contributed by atoms with Gasteiger partial charge in [0.25, 0.3) is 0 Å². The third-order valence-electron chi connectivity index (χ3n) is 2.85. The quantitative estimate of drug-likeness (QED) is 0.570. The summed E-state index contributed by atoms with van der Waals surface area (Å²) in [5.74, 6) is 3.24. The average molecular weight is 180 g/mol.